The minimum atomic E-state index is -0.779. The van der Waals surface area contributed by atoms with Crippen LogP contribution in [0, 0.1) is 12.8 Å². The molecular formula is C22H27ClN2O4. The third-order valence-electron chi connectivity index (χ3n) is 4.34. The van der Waals surface area contributed by atoms with E-state index < -0.39 is 12.2 Å². The number of amides is 1. The molecule has 0 radical (unpaired) electrons. The van der Waals surface area contributed by atoms with Gasteiger partial charge in [-0.1, -0.05) is 43.6 Å². The monoisotopic (exact) mass is 418 g/mol. The van der Waals surface area contributed by atoms with E-state index in [1.807, 2.05) is 51.1 Å². The Morgan fingerprint density at radius 3 is 2.41 bits per heavy atom. The summed E-state index contributed by atoms with van der Waals surface area (Å²) < 4.78 is 10.2. The number of benzene rings is 2. The highest BCUT2D eigenvalue weighted by Crippen LogP contribution is 2.28. The number of nitrogens with two attached hydrogens (primary N) is 1. The third kappa shape index (κ3) is 6.48. The fourth-order valence-electron chi connectivity index (χ4n) is 2.76. The number of nitrogens with zero attached hydrogens (tertiary/aromatic N) is 1. The second-order valence-corrected chi connectivity index (χ2v) is 7.71. The number of hydrogen-bond donors (Lipinski definition) is 1. The lowest BCUT2D eigenvalue weighted by Crippen LogP contribution is -2.43. The van der Waals surface area contributed by atoms with Crippen LogP contribution in [0.15, 0.2) is 42.5 Å². The molecule has 0 unspecified atom stereocenters. The van der Waals surface area contributed by atoms with Crippen LogP contribution in [0.3, 0.4) is 0 Å². The summed E-state index contributed by atoms with van der Waals surface area (Å²) in [4.78, 5) is 25.9. The Morgan fingerprint density at radius 2 is 1.83 bits per heavy atom. The van der Waals surface area contributed by atoms with Gasteiger partial charge in [0.2, 0.25) is 5.91 Å². The molecule has 0 aromatic heterocycles. The van der Waals surface area contributed by atoms with E-state index >= 15 is 0 Å². The molecule has 0 aliphatic rings. The normalized spacial score (nSPS) is 11.8. The molecule has 1 atom stereocenters. The Balaban J connectivity index is 2.07. The molecule has 7 heteroatoms. The molecule has 6 nitrogen and oxygen atoms in total. The van der Waals surface area contributed by atoms with Crippen molar-refractivity contribution in [3.8, 4) is 5.75 Å². The molecule has 2 rings (SSSR count). The van der Waals surface area contributed by atoms with E-state index in [0.717, 1.165) is 16.8 Å². The predicted molar refractivity (Wildman–Crippen MR) is 115 cm³/mol. The summed E-state index contributed by atoms with van der Waals surface area (Å²) in [6, 6.07) is 11.7. The van der Waals surface area contributed by atoms with Crippen LogP contribution in [0.5, 0.6) is 5.75 Å². The number of carbonyl (C=O) groups excluding carboxylic acids is 2. The maximum absolute atomic E-state index is 12.7. The molecule has 0 bridgehead atoms. The molecule has 29 heavy (non-hydrogen) atoms. The van der Waals surface area contributed by atoms with Gasteiger partial charge in [0.05, 0.1) is 12.6 Å². The van der Waals surface area contributed by atoms with E-state index in [4.69, 9.17) is 26.8 Å². The lowest BCUT2D eigenvalue weighted by molar-refractivity contribution is -0.119. The van der Waals surface area contributed by atoms with Crippen LogP contribution in [-0.4, -0.2) is 31.8 Å². The van der Waals surface area contributed by atoms with Gasteiger partial charge in [0.15, 0.2) is 0 Å². The Labute approximate surface area is 176 Å². The summed E-state index contributed by atoms with van der Waals surface area (Å²) in [5.74, 6) is 0.277. The first-order chi connectivity index (χ1) is 13.7. The highest BCUT2D eigenvalue weighted by Gasteiger charge is 2.22. The Morgan fingerprint density at radius 1 is 1.17 bits per heavy atom. The number of carbonyl (C=O) groups is 2. The van der Waals surface area contributed by atoms with Crippen molar-refractivity contribution in [2.75, 3.05) is 18.6 Å². The molecular weight excluding hydrogens is 392 g/mol. The molecule has 2 aromatic rings. The topological polar surface area (TPSA) is 81.9 Å². The zero-order valence-electron chi connectivity index (χ0n) is 17.1. The van der Waals surface area contributed by atoms with Crippen molar-refractivity contribution in [3.05, 3.63) is 58.6 Å². The number of anilines is 1. The number of rotatable bonds is 7. The molecule has 0 aliphatic carbocycles. The zero-order chi connectivity index (χ0) is 21.6. The van der Waals surface area contributed by atoms with Crippen LogP contribution in [0.2, 0.25) is 5.02 Å². The van der Waals surface area contributed by atoms with E-state index in [1.165, 1.54) is 11.0 Å². The van der Waals surface area contributed by atoms with Gasteiger partial charge in [0, 0.05) is 17.8 Å². The van der Waals surface area contributed by atoms with Crippen molar-refractivity contribution in [3.63, 3.8) is 0 Å². The maximum atomic E-state index is 12.7. The van der Waals surface area contributed by atoms with E-state index in [0.29, 0.717) is 5.02 Å². The summed E-state index contributed by atoms with van der Waals surface area (Å²) in [5, 5.41) is 0.377. The van der Waals surface area contributed by atoms with Crippen molar-refractivity contribution in [2.24, 2.45) is 11.7 Å². The van der Waals surface area contributed by atoms with Crippen LogP contribution in [-0.2, 0) is 16.0 Å². The summed E-state index contributed by atoms with van der Waals surface area (Å²) in [5.41, 5.74) is 8.43. The Bertz CT molecular complexity index is 832. The smallest absolute Gasteiger partial charge is 0.434 e. The van der Waals surface area contributed by atoms with Gasteiger partial charge in [0.25, 0.3) is 0 Å². The average Bonchev–Trinajstić information content (AvgIpc) is 2.68. The van der Waals surface area contributed by atoms with Gasteiger partial charge in [-0.2, -0.15) is 0 Å². The van der Waals surface area contributed by atoms with Crippen LogP contribution < -0.4 is 15.4 Å². The molecule has 0 fully saturated rings. The first-order valence-corrected chi connectivity index (χ1v) is 9.78. The van der Waals surface area contributed by atoms with Crippen LogP contribution in [0.25, 0.3) is 0 Å². The van der Waals surface area contributed by atoms with E-state index in [2.05, 4.69) is 0 Å². The van der Waals surface area contributed by atoms with E-state index in [9.17, 15) is 9.59 Å². The second kappa shape index (κ2) is 10.3. The van der Waals surface area contributed by atoms with Crippen LogP contribution in [0.4, 0.5) is 10.5 Å². The highest BCUT2D eigenvalue weighted by molar-refractivity contribution is 6.31. The van der Waals surface area contributed by atoms with Crippen molar-refractivity contribution in [1.82, 2.24) is 0 Å². The van der Waals surface area contributed by atoms with Gasteiger partial charge < -0.3 is 20.1 Å². The predicted octanol–water partition coefficient (Wildman–Crippen LogP) is 4.35. The molecule has 0 spiro atoms. The molecule has 0 heterocycles. The van der Waals surface area contributed by atoms with E-state index in [-0.39, 0.29) is 30.6 Å². The molecule has 2 aromatic carbocycles. The quantitative estimate of drug-likeness (QED) is 0.533. The Kier molecular flexibility index (Phi) is 8.05. The molecule has 0 aliphatic heterocycles. The largest absolute Gasteiger partial charge is 0.513 e. The van der Waals surface area contributed by atoms with Crippen LogP contribution >= 0.6 is 11.6 Å². The fourth-order valence-corrected chi connectivity index (χ4v) is 3.09. The van der Waals surface area contributed by atoms with Gasteiger partial charge in [-0.25, -0.2) is 4.79 Å². The lowest BCUT2D eigenvalue weighted by atomic mass is 10.00. The zero-order valence-corrected chi connectivity index (χ0v) is 17.9. The maximum Gasteiger partial charge on any atom is 0.513 e. The summed E-state index contributed by atoms with van der Waals surface area (Å²) in [7, 11) is 1.69. The van der Waals surface area contributed by atoms with Crippen molar-refractivity contribution in [2.45, 2.75) is 33.2 Å². The first kappa shape index (κ1) is 22.7. The molecule has 156 valence electrons. The first-order valence-electron chi connectivity index (χ1n) is 9.40. The van der Waals surface area contributed by atoms with Crippen molar-refractivity contribution < 1.29 is 19.1 Å². The summed E-state index contributed by atoms with van der Waals surface area (Å²) >= 11 is 6.38. The number of aryl methyl sites for hydroxylation is 1. The van der Waals surface area contributed by atoms with Gasteiger partial charge in [-0.15, -0.1) is 0 Å². The minimum absolute atomic E-state index is 0.211. The molecule has 2 N–H and O–H groups in total. The number of hydrogen-bond acceptors (Lipinski definition) is 5. The summed E-state index contributed by atoms with van der Waals surface area (Å²) in [6.45, 7) is 5.97. The Hall–Kier alpha value is -2.57. The lowest BCUT2D eigenvalue weighted by Gasteiger charge is -2.22. The molecule has 1 amide bonds. The number of halogens is 1. The molecule has 0 saturated heterocycles. The van der Waals surface area contributed by atoms with Crippen molar-refractivity contribution >= 4 is 29.4 Å². The van der Waals surface area contributed by atoms with E-state index in [1.54, 1.807) is 13.1 Å². The standard InChI is InChI=1S/C22H27ClN2O4/c1-14(2)13-28-22(27)29-17-10-15(3)18(19(23)11-17)12-20(24)21(26)25(4)16-8-6-5-7-9-16/h5-11,14,20H,12-13,24H2,1-4H3/t20-/m1/s1. The second-order valence-electron chi connectivity index (χ2n) is 7.30. The highest BCUT2D eigenvalue weighted by atomic mass is 35.5. The number of ether oxygens (including phenoxy) is 2. The summed E-state index contributed by atoms with van der Waals surface area (Å²) in [6.07, 6.45) is -0.517. The van der Waals surface area contributed by atoms with Gasteiger partial charge >= 0.3 is 6.16 Å². The number of likely N-dealkylation sites (N-methyl/N-ethyl adjacent to an activating group) is 1. The van der Waals surface area contributed by atoms with Gasteiger partial charge in [-0.3, -0.25) is 4.79 Å². The number of para-hydroxylation sites is 1. The third-order valence-corrected chi connectivity index (χ3v) is 4.68. The fraction of sp³-hybridized carbons (Fsp3) is 0.364. The average molecular weight is 419 g/mol. The SMILES string of the molecule is Cc1cc(OC(=O)OCC(C)C)cc(Cl)c1C[C@@H](N)C(=O)N(C)c1ccccc1. The van der Waals surface area contributed by atoms with Gasteiger partial charge in [-0.05, 0) is 54.7 Å². The minimum Gasteiger partial charge on any atom is -0.434 e. The van der Waals surface area contributed by atoms with Crippen molar-refractivity contribution in [1.29, 1.82) is 0 Å². The van der Waals surface area contributed by atoms with Gasteiger partial charge in [0.1, 0.15) is 5.75 Å². The van der Waals surface area contributed by atoms with Crippen LogP contribution in [0.1, 0.15) is 25.0 Å². The molecule has 0 saturated carbocycles.